The van der Waals surface area contributed by atoms with Crippen molar-refractivity contribution in [3.63, 3.8) is 0 Å². The first kappa shape index (κ1) is 12.4. The Morgan fingerprint density at radius 3 is 2.33 bits per heavy atom. The van der Waals surface area contributed by atoms with Crippen LogP contribution in [0.5, 0.6) is 11.6 Å². The van der Waals surface area contributed by atoms with Gasteiger partial charge in [0.25, 0.3) is 0 Å². The fourth-order valence-corrected chi connectivity index (χ4v) is 1.67. The van der Waals surface area contributed by atoms with E-state index >= 15 is 0 Å². The maximum atomic E-state index is 5.76. The van der Waals surface area contributed by atoms with Crippen molar-refractivity contribution in [1.29, 1.82) is 0 Å². The van der Waals surface area contributed by atoms with Gasteiger partial charge in [0.15, 0.2) is 0 Å². The van der Waals surface area contributed by atoms with Crippen LogP contribution >= 0.6 is 0 Å². The number of nitrogens with zero attached hydrogens (tertiary/aromatic N) is 2. The molecule has 0 saturated heterocycles. The van der Waals surface area contributed by atoms with Crippen LogP contribution in [0.2, 0.25) is 0 Å². The summed E-state index contributed by atoms with van der Waals surface area (Å²) in [4.78, 5) is 0. The predicted molar refractivity (Wildman–Crippen MR) is 71.7 cm³/mol. The molecular formula is C14H17N3O. The van der Waals surface area contributed by atoms with E-state index in [-0.39, 0.29) is 5.41 Å². The Labute approximate surface area is 107 Å². The molecule has 0 bridgehead atoms. The predicted octanol–water partition coefficient (Wildman–Crippen LogP) is 3.15. The summed E-state index contributed by atoms with van der Waals surface area (Å²) in [5.41, 5.74) is 6.63. The van der Waals surface area contributed by atoms with Crippen LogP contribution in [0.3, 0.4) is 0 Å². The summed E-state index contributed by atoms with van der Waals surface area (Å²) in [7, 11) is 0. The lowest BCUT2D eigenvalue weighted by Crippen LogP contribution is -2.12. The van der Waals surface area contributed by atoms with E-state index in [4.69, 9.17) is 10.5 Å². The summed E-state index contributed by atoms with van der Waals surface area (Å²) < 4.78 is 5.76. The highest BCUT2D eigenvalue weighted by molar-refractivity contribution is 5.40. The van der Waals surface area contributed by atoms with Gasteiger partial charge in [-0.05, 0) is 17.5 Å². The Bertz CT molecular complexity index is 529. The number of aromatic nitrogens is 2. The Kier molecular flexibility index (Phi) is 3.19. The van der Waals surface area contributed by atoms with Crippen molar-refractivity contribution in [2.75, 3.05) is 5.73 Å². The number of anilines is 1. The smallest absolute Gasteiger partial charge is 0.239 e. The molecule has 0 aliphatic rings. The maximum Gasteiger partial charge on any atom is 0.239 e. The number of ether oxygens (including phenoxy) is 1. The van der Waals surface area contributed by atoms with Crippen molar-refractivity contribution in [1.82, 2.24) is 10.2 Å². The molecule has 4 heteroatoms. The van der Waals surface area contributed by atoms with Gasteiger partial charge in [-0.1, -0.05) is 39.0 Å². The largest absolute Gasteiger partial charge is 0.437 e. The molecule has 1 aromatic carbocycles. The Morgan fingerprint density at radius 1 is 1.00 bits per heavy atom. The Morgan fingerprint density at radius 2 is 1.72 bits per heavy atom. The van der Waals surface area contributed by atoms with E-state index in [9.17, 15) is 0 Å². The number of benzene rings is 1. The van der Waals surface area contributed by atoms with Crippen molar-refractivity contribution in [3.8, 4) is 11.6 Å². The molecule has 2 N–H and O–H groups in total. The molecule has 1 aromatic heterocycles. The average molecular weight is 243 g/mol. The van der Waals surface area contributed by atoms with E-state index in [1.807, 2.05) is 18.2 Å². The molecule has 0 aliphatic carbocycles. The van der Waals surface area contributed by atoms with Gasteiger partial charge in [0, 0.05) is 11.6 Å². The van der Waals surface area contributed by atoms with Crippen LogP contribution in [-0.4, -0.2) is 10.2 Å². The highest BCUT2D eigenvalue weighted by atomic mass is 16.5. The summed E-state index contributed by atoms with van der Waals surface area (Å²) in [6, 6.07) is 11.3. The third-order valence-electron chi connectivity index (χ3n) is 2.57. The molecular weight excluding hydrogens is 226 g/mol. The Hall–Kier alpha value is -2.10. The summed E-state index contributed by atoms with van der Waals surface area (Å²) in [5.74, 6) is 1.62. The first-order valence-corrected chi connectivity index (χ1v) is 5.83. The molecule has 2 rings (SSSR count). The van der Waals surface area contributed by atoms with E-state index in [0.717, 1.165) is 11.3 Å². The van der Waals surface area contributed by atoms with Crippen molar-refractivity contribution in [2.24, 2.45) is 0 Å². The van der Waals surface area contributed by atoms with Gasteiger partial charge in [-0.25, -0.2) is 0 Å². The zero-order chi connectivity index (χ0) is 13.2. The molecule has 0 unspecified atom stereocenters. The lowest BCUT2D eigenvalue weighted by atomic mass is 9.86. The van der Waals surface area contributed by atoms with Crippen LogP contribution in [0, 0.1) is 0 Å². The topological polar surface area (TPSA) is 61.0 Å². The SMILES string of the molecule is CC(C)(C)c1ccccc1Oc1ccc(N)nn1. The molecule has 18 heavy (non-hydrogen) atoms. The summed E-state index contributed by atoms with van der Waals surface area (Å²) in [6.07, 6.45) is 0. The van der Waals surface area contributed by atoms with Crippen LogP contribution < -0.4 is 10.5 Å². The quantitative estimate of drug-likeness (QED) is 0.880. The minimum Gasteiger partial charge on any atom is -0.437 e. The van der Waals surface area contributed by atoms with E-state index in [1.165, 1.54) is 0 Å². The van der Waals surface area contributed by atoms with Gasteiger partial charge in [0.2, 0.25) is 5.88 Å². The van der Waals surface area contributed by atoms with E-state index in [1.54, 1.807) is 12.1 Å². The second-order valence-corrected chi connectivity index (χ2v) is 5.14. The first-order chi connectivity index (χ1) is 8.47. The van der Waals surface area contributed by atoms with Crippen LogP contribution in [0.25, 0.3) is 0 Å². The molecule has 0 saturated carbocycles. The standard InChI is InChI=1S/C14H17N3O/c1-14(2,3)10-6-4-5-7-11(10)18-13-9-8-12(15)16-17-13/h4-9H,1-3H3,(H2,15,16). The normalized spacial score (nSPS) is 11.3. The summed E-state index contributed by atoms with van der Waals surface area (Å²) >= 11 is 0. The molecule has 0 fully saturated rings. The molecule has 94 valence electrons. The number of para-hydroxylation sites is 1. The van der Waals surface area contributed by atoms with Gasteiger partial charge in [-0.15, -0.1) is 10.2 Å². The fourth-order valence-electron chi connectivity index (χ4n) is 1.67. The third-order valence-corrected chi connectivity index (χ3v) is 2.57. The summed E-state index contributed by atoms with van der Waals surface area (Å²) in [5, 5.41) is 7.67. The molecule has 0 radical (unpaired) electrons. The van der Waals surface area contributed by atoms with Crippen LogP contribution in [0.4, 0.5) is 5.82 Å². The number of hydrogen-bond acceptors (Lipinski definition) is 4. The molecule has 2 aromatic rings. The van der Waals surface area contributed by atoms with Gasteiger partial charge in [0.1, 0.15) is 11.6 Å². The van der Waals surface area contributed by atoms with E-state index in [2.05, 4.69) is 37.0 Å². The third kappa shape index (κ3) is 2.77. The zero-order valence-corrected chi connectivity index (χ0v) is 10.8. The van der Waals surface area contributed by atoms with Crippen molar-refractivity contribution < 1.29 is 4.74 Å². The van der Waals surface area contributed by atoms with E-state index < -0.39 is 0 Å². The minimum atomic E-state index is 0.0117. The fraction of sp³-hybridized carbons (Fsp3) is 0.286. The number of hydrogen-bond donors (Lipinski definition) is 1. The number of nitrogens with two attached hydrogens (primary N) is 1. The lowest BCUT2D eigenvalue weighted by molar-refractivity contribution is 0.434. The minimum absolute atomic E-state index is 0.0117. The molecule has 4 nitrogen and oxygen atoms in total. The van der Waals surface area contributed by atoms with Crippen LogP contribution in [0.1, 0.15) is 26.3 Å². The lowest BCUT2D eigenvalue weighted by Gasteiger charge is -2.22. The van der Waals surface area contributed by atoms with Gasteiger partial charge in [-0.2, -0.15) is 0 Å². The second kappa shape index (κ2) is 4.64. The average Bonchev–Trinajstić information content (AvgIpc) is 2.31. The monoisotopic (exact) mass is 243 g/mol. The second-order valence-electron chi connectivity index (χ2n) is 5.14. The Balaban J connectivity index is 2.32. The first-order valence-electron chi connectivity index (χ1n) is 5.83. The van der Waals surface area contributed by atoms with Crippen LogP contribution in [0.15, 0.2) is 36.4 Å². The zero-order valence-electron chi connectivity index (χ0n) is 10.8. The maximum absolute atomic E-state index is 5.76. The summed E-state index contributed by atoms with van der Waals surface area (Å²) in [6.45, 7) is 6.43. The van der Waals surface area contributed by atoms with Crippen molar-refractivity contribution in [3.05, 3.63) is 42.0 Å². The number of rotatable bonds is 2. The molecule has 1 heterocycles. The number of nitrogen functional groups attached to an aromatic ring is 1. The molecule has 0 atom stereocenters. The molecule has 0 aliphatic heterocycles. The van der Waals surface area contributed by atoms with Gasteiger partial charge in [-0.3, -0.25) is 0 Å². The van der Waals surface area contributed by atoms with Gasteiger partial charge < -0.3 is 10.5 Å². The van der Waals surface area contributed by atoms with Crippen molar-refractivity contribution in [2.45, 2.75) is 26.2 Å². The van der Waals surface area contributed by atoms with E-state index in [0.29, 0.717) is 11.7 Å². The van der Waals surface area contributed by atoms with Gasteiger partial charge in [0.05, 0.1) is 0 Å². The van der Waals surface area contributed by atoms with Gasteiger partial charge >= 0.3 is 0 Å². The van der Waals surface area contributed by atoms with Crippen LogP contribution in [-0.2, 0) is 5.41 Å². The molecule has 0 amide bonds. The highest BCUT2D eigenvalue weighted by Gasteiger charge is 2.18. The molecule has 0 spiro atoms. The highest BCUT2D eigenvalue weighted by Crippen LogP contribution is 2.33. The van der Waals surface area contributed by atoms with Crippen molar-refractivity contribution >= 4 is 5.82 Å².